The zero-order valence-electron chi connectivity index (χ0n) is 13.9. The van der Waals surface area contributed by atoms with E-state index in [1.165, 1.54) is 6.33 Å². The molecule has 0 spiro atoms. The summed E-state index contributed by atoms with van der Waals surface area (Å²) in [4.78, 5) is 11.8. The first kappa shape index (κ1) is 15.2. The number of H-pyrrole nitrogens is 1. The number of rotatable bonds is 3. The summed E-state index contributed by atoms with van der Waals surface area (Å²) in [6, 6.07) is 15.0. The minimum Gasteiger partial charge on any atom is -0.508 e. The van der Waals surface area contributed by atoms with E-state index in [1.807, 2.05) is 44.2 Å². The number of fused-ring (bicyclic) bond motifs is 1. The minimum atomic E-state index is 0.235. The molecule has 0 saturated carbocycles. The van der Waals surface area contributed by atoms with Gasteiger partial charge >= 0.3 is 0 Å². The van der Waals surface area contributed by atoms with Gasteiger partial charge in [0.15, 0.2) is 0 Å². The molecule has 0 aliphatic carbocycles. The van der Waals surface area contributed by atoms with Crippen molar-refractivity contribution in [2.75, 3.05) is 0 Å². The average molecular weight is 331 g/mol. The van der Waals surface area contributed by atoms with Crippen molar-refractivity contribution < 1.29 is 9.84 Å². The average Bonchev–Trinajstić information content (AvgIpc) is 3.00. The number of hydrogen-bond donors (Lipinski definition) is 2. The topological polar surface area (TPSA) is 71.0 Å². The van der Waals surface area contributed by atoms with Crippen LogP contribution in [0.1, 0.15) is 11.1 Å². The lowest BCUT2D eigenvalue weighted by molar-refractivity contribution is 0.467. The Bertz CT molecular complexity index is 1030. The number of phenols is 1. The highest BCUT2D eigenvalue weighted by Crippen LogP contribution is 2.31. The van der Waals surface area contributed by atoms with E-state index in [9.17, 15) is 5.11 Å². The van der Waals surface area contributed by atoms with Gasteiger partial charge in [-0.25, -0.2) is 9.97 Å². The van der Waals surface area contributed by atoms with Crippen molar-refractivity contribution in [1.29, 1.82) is 0 Å². The third-order valence-corrected chi connectivity index (χ3v) is 3.98. The minimum absolute atomic E-state index is 0.235. The van der Waals surface area contributed by atoms with Crippen LogP contribution < -0.4 is 4.74 Å². The van der Waals surface area contributed by atoms with Gasteiger partial charge in [0.2, 0.25) is 5.88 Å². The molecule has 0 aliphatic heterocycles. The predicted octanol–water partition coefficient (Wildman–Crippen LogP) is 4.74. The van der Waals surface area contributed by atoms with Gasteiger partial charge < -0.3 is 14.8 Å². The van der Waals surface area contributed by atoms with E-state index in [0.29, 0.717) is 11.5 Å². The number of benzene rings is 2. The lowest BCUT2D eigenvalue weighted by Gasteiger charge is -2.07. The van der Waals surface area contributed by atoms with Crippen LogP contribution >= 0.6 is 0 Å². The zero-order chi connectivity index (χ0) is 17.4. The zero-order valence-corrected chi connectivity index (χ0v) is 13.9. The Morgan fingerprint density at radius 2 is 1.64 bits per heavy atom. The van der Waals surface area contributed by atoms with Crippen molar-refractivity contribution in [3.63, 3.8) is 0 Å². The molecular weight excluding hydrogens is 314 g/mol. The fourth-order valence-corrected chi connectivity index (χ4v) is 2.90. The van der Waals surface area contributed by atoms with Gasteiger partial charge in [-0.2, -0.15) is 0 Å². The second-order valence-corrected chi connectivity index (χ2v) is 6.10. The lowest BCUT2D eigenvalue weighted by atomic mass is 10.1. The Hall–Kier alpha value is -3.34. The van der Waals surface area contributed by atoms with Crippen LogP contribution in [0.5, 0.6) is 17.4 Å². The van der Waals surface area contributed by atoms with E-state index in [4.69, 9.17) is 4.74 Å². The van der Waals surface area contributed by atoms with Gasteiger partial charge in [0.05, 0.1) is 5.39 Å². The summed E-state index contributed by atoms with van der Waals surface area (Å²) in [5.41, 5.74) is 4.82. The van der Waals surface area contributed by atoms with Crippen LogP contribution in [0.25, 0.3) is 22.3 Å². The van der Waals surface area contributed by atoms with E-state index in [0.717, 1.165) is 33.5 Å². The molecule has 5 heteroatoms. The van der Waals surface area contributed by atoms with E-state index in [2.05, 4.69) is 21.0 Å². The van der Waals surface area contributed by atoms with Crippen LogP contribution in [0.3, 0.4) is 0 Å². The molecule has 0 bridgehead atoms. The van der Waals surface area contributed by atoms with Crippen molar-refractivity contribution in [1.82, 2.24) is 15.0 Å². The smallest absolute Gasteiger partial charge is 0.231 e. The number of aromatic hydroxyl groups is 1. The van der Waals surface area contributed by atoms with Gasteiger partial charge in [-0.1, -0.05) is 6.07 Å². The van der Waals surface area contributed by atoms with Gasteiger partial charge in [-0.3, -0.25) is 0 Å². The molecule has 2 aromatic heterocycles. The fraction of sp³-hybridized carbons (Fsp3) is 0.100. The van der Waals surface area contributed by atoms with E-state index in [-0.39, 0.29) is 5.75 Å². The first-order valence-corrected chi connectivity index (χ1v) is 7.98. The third kappa shape index (κ3) is 3.04. The third-order valence-electron chi connectivity index (χ3n) is 3.98. The molecule has 124 valence electrons. The Labute approximate surface area is 145 Å². The lowest BCUT2D eigenvalue weighted by Crippen LogP contribution is -1.91. The number of hydrogen-bond acceptors (Lipinski definition) is 4. The molecule has 2 heterocycles. The molecule has 2 N–H and O–H groups in total. The summed E-state index contributed by atoms with van der Waals surface area (Å²) >= 11 is 0. The van der Waals surface area contributed by atoms with Crippen LogP contribution in [-0.2, 0) is 0 Å². The van der Waals surface area contributed by atoms with E-state index >= 15 is 0 Å². The highest BCUT2D eigenvalue weighted by molar-refractivity contribution is 5.87. The molecule has 5 nitrogen and oxygen atoms in total. The number of aromatic nitrogens is 3. The summed E-state index contributed by atoms with van der Waals surface area (Å²) in [5.74, 6) is 1.50. The number of nitrogens with zero attached hydrogens (tertiary/aromatic N) is 2. The molecule has 2 aromatic carbocycles. The van der Waals surface area contributed by atoms with Crippen molar-refractivity contribution in [3.05, 3.63) is 66.0 Å². The molecule has 0 aliphatic rings. The molecule has 4 aromatic rings. The Morgan fingerprint density at radius 1 is 0.920 bits per heavy atom. The maximum Gasteiger partial charge on any atom is 0.231 e. The number of ether oxygens (including phenoxy) is 1. The summed E-state index contributed by atoms with van der Waals surface area (Å²) < 4.78 is 6.01. The van der Waals surface area contributed by atoms with Crippen molar-refractivity contribution >= 4 is 11.0 Å². The van der Waals surface area contributed by atoms with Gasteiger partial charge in [-0.05, 0) is 73.0 Å². The Morgan fingerprint density at radius 3 is 2.36 bits per heavy atom. The second-order valence-electron chi connectivity index (χ2n) is 6.10. The maximum absolute atomic E-state index is 9.44. The van der Waals surface area contributed by atoms with Crippen LogP contribution in [-0.4, -0.2) is 20.1 Å². The molecule has 0 saturated heterocycles. The van der Waals surface area contributed by atoms with Gasteiger partial charge in [0.25, 0.3) is 0 Å². The quantitative estimate of drug-likeness (QED) is 0.569. The number of nitrogens with one attached hydrogen (secondary N) is 1. The van der Waals surface area contributed by atoms with Crippen LogP contribution in [0.15, 0.2) is 54.9 Å². The highest BCUT2D eigenvalue weighted by Gasteiger charge is 2.11. The SMILES string of the molecule is Cc1cc(C)cc(Oc2ncnc3[nH]c(-c4ccc(O)cc4)cc23)c1. The number of aryl methyl sites for hydroxylation is 2. The van der Waals surface area contributed by atoms with E-state index in [1.54, 1.807) is 12.1 Å². The van der Waals surface area contributed by atoms with Crippen molar-refractivity contribution in [3.8, 4) is 28.6 Å². The second kappa shape index (κ2) is 5.94. The predicted molar refractivity (Wildman–Crippen MR) is 97.0 cm³/mol. The number of phenolic OH excluding ortho intramolecular Hbond substituents is 1. The molecule has 0 amide bonds. The highest BCUT2D eigenvalue weighted by atomic mass is 16.5. The molecule has 0 radical (unpaired) electrons. The summed E-state index contributed by atoms with van der Waals surface area (Å²) in [6.45, 7) is 4.07. The molecular formula is C20H17N3O2. The molecule has 25 heavy (non-hydrogen) atoms. The molecule has 0 fully saturated rings. The van der Waals surface area contributed by atoms with Crippen molar-refractivity contribution in [2.24, 2.45) is 0 Å². The largest absolute Gasteiger partial charge is 0.508 e. The number of aromatic amines is 1. The first-order chi connectivity index (χ1) is 12.1. The first-order valence-electron chi connectivity index (χ1n) is 7.98. The summed E-state index contributed by atoms with van der Waals surface area (Å²) in [7, 11) is 0. The molecule has 0 unspecified atom stereocenters. The summed E-state index contributed by atoms with van der Waals surface area (Å²) in [6.07, 6.45) is 1.48. The van der Waals surface area contributed by atoms with Crippen LogP contribution in [0.2, 0.25) is 0 Å². The molecule has 4 rings (SSSR count). The molecule has 0 atom stereocenters. The van der Waals surface area contributed by atoms with E-state index < -0.39 is 0 Å². The normalized spacial score (nSPS) is 11.0. The van der Waals surface area contributed by atoms with Crippen LogP contribution in [0, 0.1) is 13.8 Å². The Balaban J connectivity index is 1.76. The van der Waals surface area contributed by atoms with Gasteiger partial charge in [0.1, 0.15) is 23.5 Å². The van der Waals surface area contributed by atoms with Gasteiger partial charge in [0, 0.05) is 5.69 Å². The maximum atomic E-state index is 9.44. The monoisotopic (exact) mass is 331 g/mol. The fourth-order valence-electron chi connectivity index (χ4n) is 2.90. The van der Waals surface area contributed by atoms with Crippen LogP contribution in [0.4, 0.5) is 0 Å². The van der Waals surface area contributed by atoms with Crippen molar-refractivity contribution in [2.45, 2.75) is 13.8 Å². The Kier molecular flexibility index (Phi) is 3.61. The van der Waals surface area contributed by atoms with Gasteiger partial charge in [-0.15, -0.1) is 0 Å². The summed E-state index contributed by atoms with van der Waals surface area (Å²) in [5, 5.41) is 10.3. The standard InChI is InChI=1S/C20H17N3O2/c1-12-7-13(2)9-16(8-12)25-20-17-10-18(23-19(17)21-11-22-20)14-3-5-15(24)6-4-14/h3-11,24H,1-2H3,(H,21,22,23).